The Morgan fingerprint density at radius 1 is 0.397 bits per heavy atom. The highest BCUT2D eigenvalue weighted by Gasteiger charge is 2.32. The van der Waals surface area contributed by atoms with E-state index in [0.717, 1.165) is 38.5 Å². The van der Waals surface area contributed by atoms with Crippen LogP contribution >= 0.6 is 0 Å². The minimum absolute atomic E-state index is 0.0477. The van der Waals surface area contributed by atoms with Crippen LogP contribution in [0, 0.1) is 0 Å². The highest BCUT2D eigenvalue weighted by molar-refractivity contribution is 6.41. The van der Waals surface area contributed by atoms with Gasteiger partial charge >= 0.3 is 23.8 Å². The van der Waals surface area contributed by atoms with Crippen molar-refractivity contribution in [2.45, 2.75) is 168 Å². The van der Waals surface area contributed by atoms with Gasteiger partial charge in [0.05, 0.1) is 14.2 Å². The van der Waals surface area contributed by atoms with Crippen molar-refractivity contribution < 1.29 is 43.0 Å². The molecule has 4 rings (SSSR count). The summed E-state index contributed by atoms with van der Waals surface area (Å²) in [4.78, 5) is 83.7. The first-order valence-corrected chi connectivity index (χ1v) is 26.9. The molecule has 0 aliphatic heterocycles. The average molecular weight is 1000 g/mol. The molecule has 0 heterocycles. The zero-order valence-corrected chi connectivity index (χ0v) is 44.2. The third-order valence-corrected chi connectivity index (χ3v) is 13.0. The van der Waals surface area contributed by atoms with E-state index in [0.29, 0.717) is 58.0 Å². The summed E-state index contributed by atoms with van der Waals surface area (Å²) in [5.74, 6) is -4.61. The van der Waals surface area contributed by atoms with E-state index in [4.69, 9.17) is 14.2 Å². The third-order valence-electron chi connectivity index (χ3n) is 13.0. The zero-order valence-electron chi connectivity index (χ0n) is 44.2. The van der Waals surface area contributed by atoms with E-state index in [1.54, 1.807) is 97.1 Å². The average Bonchev–Trinajstić information content (AvgIpc) is 3.41. The van der Waals surface area contributed by atoms with Crippen molar-refractivity contribution in [3.05, 3.63) is 130 Å². The van der Waals surface area contributed by atoms with E-state index in [2.05, 4.69) is 24.5 Å². The lowest BCUT2D eigenvalue weighted by atomic mass is 10.1. The van der Waals surface area contributed by atoms with Gasteiger partial charge in [0.1, 0.15) is 11.5 Å². The molecule has 0 aliphatic carbocycles. The molecule has 0 fully saturated rings. The topological polar surface area (TPSA) is 161 Å². The molecule has 0 atom stereocenters. The number of hydrogen-bond donors (Lipinski definition) is 2. The first-order chi connectivity index (χ1) is 35.5. The van der Waals surface area contributed by atoms with Crippen LogP contribution in [0.1, 0.15) is 185 Å². The summed E-state index contributed by atoms with van der Waals surface area (Å²) in [6.07, 6.45) is 24.0. The van der Waals surface area contributed by atoms with Crippen LogP contribution in [-0.4, -0.2) is 72.7 Å². The summed E-state index contributed by atoms with van der Waals surface area (Å²) in [5.41, 5.74) is 3.35. The predicted octanol–water partition coefficient (Wildman–Crippen LogP) is 11.8. The Bertz CT molecular complexity index is 2260. The van der Waals surface area contributed by atoms with Crippen molar-refractivity contribution in [2.75, 3.05) is 27.3 Å². The van der Waals surface area contributed by atoms with Gasteiger partial charge in [-0.1, -0.05) is 178 Å². The Morgan fingerprint density at radius 3 is 1.12 bits per heavy atom. The highest BCUT2D eigenvalue weighted by Crippen LogP contribution is 2.20. The van der Waals surface area contributed by atoms with Gasteiger partial charge in [0.2, 0.25) is 0 Å². The molecule has 13 nitrogen and oxygen atoms in total. The molecule has 0 saturated heterocycles. The number of ether oxygens (including phenoxy) is 3. The Balaban J connectivity index is 1.38. The highest BCUT2D eigenvalue weighted by atomic mass is 16.6. The lowest BCUT2D eigenvalue weighted by molar-refractivity contribution is -0.173. The minimum Gasteiger partial charge on any atom is -0.497 e. The number of carbonyl (C=O) groups excluding carboxylic acids is 6. The fourth-order valence-corrected chi connectivity index (χ4v) is 8.58. The number of amides is 4. The summed E-state index contributed by atoms with van der Waals surface area (Å²) in [6, 6.07) is 27.4. The first-order valence-electron chi connectivity index (χ1n) is 26.9. The molecule has 0 radical (unpaired) electrons. The van der Waals surface area contributed by atoms with Crippen LogP contribution in [0.15, 0.2) is 97.1 Å². The number of carbonyl (C=O) groups is 6. The van der Waals surface area contributed by atoms with E-state index in [9.17, 15) is 28.8 Å². The van der Waals surface area contributed by atoms with Gasteiger partial charge in [-0.05, 0) is 83.6 Å². The van der Waals surface area contributed by atoms with E-state index < -0.39 is 23.8 Å². The number of nitrogens with one attached hydrogen (secondary N) is 2. The SMILES string of the molecule is CCCCCCCCCCCCNC(=O)c1ccc(CN(Cc2ccc(OC)cc2)C(=O)C(=O)OC(=O)C(=O)N(Cc2ccc(OC)cc2)Cc2cccc(C(=O)NCCCCCCCCCCCC)c2)cc1. The monoisotopic (exact) mass is 1000 g/mol. The minimum atomic E-state index is -1.53. The Kier molecular flexibility index (Phi) is 28.2. The molecule has 0 spiro atoms. The maximum atomic E-state index is 14.0. The van der Waals surface area contributed by atoms with Gasteiger partial charge in [-0.3, -0.25) is 19.2 Å². The second kappa shape index (κ2) is 34.8. The molecular formula is C60H82N4O9. The molecule has 73 heavy (non-hydrogen) atoms. The van der Waals surface area contributed by atoms with Crippen LogP contribution in [0.5, 0.6) is 11.5 Å². The molecular weight excluding hydrogens is 921 g/mol. The normalized spacial score (nSPS) is 10.8. The van der Waals surface area contributed by atoms with Crippen molar-refractivity contribution in [3.8, 4) is 11.5 Å². The lowest BCUT2D eigenvalue weighted by Crippen LogP contribution is -2.42. The Labute approximate surface area is 435 Å². The maximum absolute atomic E-state index is 14.0. The van der Waals surface area contributed by atoms with Gasteiger partial charge in [-0.15, -0.1) is 0 Å². The molecule has 396 valence electrons. The van der Waals surface area contributed by atoms with Crippen LogP contribution in [0.25, 0.3) is 0 Å². The molecule has 2 N–H and O–H groups in total. The summed E-state index contributed by atoms with van der Waals surface area (Å²) in [5, 5.41) is 5.99. The molecule has 4 aromatic rings. The van der Waals surface area contributed by atoms with Gasteiger partial charge in [-0.25, -0.2) is 9.59 Å². The van der Waals surface area contributed by atoms with Crippen molar-refractivity contribution >= 4 is 35.6 Å². The Hall–Kier alpha value is -6.50. The summed E-state index contributed by atoms with van der Waals surface area (Å²) < 4.78 is 15.6. The van der Waals surface area contributed by atoms with E-state index >= 15 is 0 Å². The van der Waals surface area contributed by atoms with Crippen LogP contribution in [-0.2, 0) is 50.1 Å². The van der Waals surface area contributed by atoms with Crippen LogP contribution < -0.4 is 20.1 Å². The van der Waals surface area contributed by atoms with Gasteiger partial charge in [0, 0.05) is 50.4 Å². The predicted molar refractivity (Wildman–Crippen MR) is 287 cm³/mol. The molecule has 0 aliphatic rings. The molecule has 0 bridgehead atoms. The van der Waals surface area contributed by atoms with E-state index in [1.165, 1.54) is 114 Å². The second-order valence-corrected chi connectivity index (χ2v) is 19.0. The summed E-state index contributed by atoms with van der Waals surface area (Å²) >= 11 is 0. The van der Waals surface area contributed by atoms with Gasteiger partial charge in [0.25, 0.3) is 11.8 Å². The molecule has 0 unspecified atom stereocenters. The number of unbranched alkanes of at least 4 members (excludes halogenated alkanes) is 18. The zero-order chi connectivity index (χ0) is 52.5. The third kappa shape index (κ3) is 22.9. The van der Waals surface area contributed by atoms with Gasteiger partial charge in [-0.2, -0.15) is 0 Å². The van der Waals surface area contributed by atoms with Crippen LogP contribution in [0.2, 0.25) is 0 Å². The molecule has 0 aromatic heterocycles. The van der Waals surface area contributed by atoms with Crippen molar-refractivity contribution in [1.82, 2.24) is 20.4 Å². The van der Waals surface area contributed by atoms with Crippen molar-refractivity contribution in [1.29, 1.82) is 0 Å². The summed E-state index contributed by atoms with van der Waals surface area (Å²) in [7, 11) is 3.07. The molecule has 4 amide bonds. The second-order valence-electron chi connectivity index (χ2n) is 19.0. The quantitative estimate of drug-likeness (QED) is 0.0201. The fraction of sp³-hybridized carbons (Fsp3) is 0.500. The summed E-state index contributed by atoms with van der Waals surface area (Å²) in [6.45, 7) is 5.28. The largest absolute Gasteiger partial charge is 0.497 e. The van der Waals surface area contributed by atoms with Crippen LogP contribution in [0.4, 0.5) is 0 Å². The van der Waals surface area contributed by atoms with E-state index in [-0.39, 0.29) is 38.0 Å². The standard InChI is InChI=1S/C60H82N4O9/c1-5-7-9-11-13-15-17-19-21-23-40-61-55(65)51-34-28-47(29-35-51)43-63(44-48-30-36-53(71-3)37-31-48)57(67)59(69)73-60(70)58(68)64(45-49-32-38-54(72-4)39-33-49)46-50-26-25-27-52(42-50)56(66)62-41-24-22-20-18-16-14-12-10-8-6-2/h25-39,42H,5-24,40-41,43-46H2,1-4H3,(H,61,65)(H,62,66). The first kappa shape index (κ1) is 59.1. The number of methoxy groups -OCH3 is 2. The van der Waals surface area contributed by atoms with Gasteiger partial charge < -0.3 is 34.6 Å². The maximum Gasteiger partial charge on any atom is 0.405 e. The van der Waals surface area contributed by atoms with Gasteiger partial charge in [0.15, 0.2) is 0 Å². The number of hydrogen-bond acceptors (Lipinski definition) is 9. The molecule has 0 saturated carbocycles. The fourth-order valence-electron chi connectivity index (χ4n) is 8.58. The number of benzene rings is 4. The number of nitrogens with zero attached hydrogens (tertiary/aromatic N) is 2. The Morgan fingerprint density at radius 2 is 0.740 bits per heavy atom. The molecule has 13 heteroatoms. The van der Waals surface area contributed by atoms with E-state index in [1.807, 2.05) is 0 Å². The van der Waals surface area contributed by atoms with Crippen LogP contribution in [0.3, 0.4) is 0 Å². The van der Waals surface area contributed by atoms with Crippen molar-refractivity contribution in [2.24, 2.45) is 0 Å². The number of rotatable bonds is 34. The number of esters is 2. The van der Waals surface area contributed by atoms with Crippen molar-refractivity contribution in [3.63, 3.8) is 0 Å². The lowest BCUT2D eigenvalue weighted by Gasteiger charge is -2.24. The smallest absolute Gasteiger partial charge is 0.405 e. The molecule has 4 aromatic carbocycles.